The van der Waals surface area contributed by atoms with Crippen LogP contribution in [0, 0.1) is 0 Å². The zero-order valence-electron chi connectivity index (χ0n) is 13.2. The molecule has 2 aromatic rings. The number of rotatable bonds is 3. The standard InChI is InChI=1S/C16H20N6O/c1-20-11-18-15(19-20)16(23)22-13-4-5-14(22)10-21(9-13)8-12-3-2-6-17-7-12/h2-3,6-7,11,13-14H,4-5,8-10H2,1H3. The first kappa shape index (κ1) is 14.3. The molecular weight excluding hydrogens is 292 g/mol. The Labute approximate surface area is 134 Å². The third-order valence-corrected chi connectivity index (χ3v) is 4.71. The molecule has 0 aromatic carbocycles. The first-order valence-electron chi connectivity index (χ1n) is 8.00. The fourth-order valence-electron chi connectivity index (χ4n) is 3.75. The van der Waals surface area contributed by atoms with Gasteiger partial charge in [-0.15, -0.1) is 5.10 Å². The lowest BCUT2D eigenvalue weighted by Gasteiger charge is -2.40. The van der Waals surface area contributed by atoms with E-state index < -0.39 is 0 Å². The summed E-state index contributed by atoms with van der Waals surface area (Å²) in [5.74, 6) is 0.282. The van der Waals surface area contributed by atoms with Crippen molar-refractivity contribution in [2.45, 2.75) is 31.5 Å². The molecule has 2 atom stereocenters. The van der Waals surface area contributed by atoms with Crippen molar-refractivity contribution >= 4 is 5.91 Å². The van der Waals surface area contributed by atoms with Crippen molar-refractivity contribution in [2.24, 2.45) is 7.05 Å². The highest BCUT2D eigenvalue weighted by atomic mass is 16.2. The molecule has 4 heterocycles. The zero-order chi connectivity index (χ0) is 15.8. The molecule has 2 bridgehead atoms. The van der Waals surface area contributed by atoms with Crippen molar-refractivity contribution < 1.29 is 4.79 Å². The van der Waals surface area contributed by atoms with Crippen LogP contribution in [0.3, 0.4) is 0 Å². The number of likely N-dealkylation sites (tertiary alicyclic amines) is 1. The van der Waals surface area contributed by atoms with Gasteiger partial charge in [-0.3, -0.25) is 19.4 Å². The van der Waals surface area contributed by atoms with Gasteiger partial charge < -0.3 is 4.90 Å². The van der Waals surface area contributed by atoms with Crippen molar-refractivity contribution in [2.75, 3.05) is 13.1 Å². The zero-order valence-corrected chi connectivity index (χ0v) is 13.2. The minimum atomic E-state index is -0.0286. The van der Waals surface area contributed by atoms with Gasteiger partial charge in [0.05, 0.1) is 0 Å². The van der Waals surface area contributed by atoms with Crippen LogP contribution >= 0.6 is 0 Å². The number of amides is 1. The highest BCUT2D eigenvalue weighted by Gasteiger charge is 2.43. The molecule has 0 N–H and O–H groups in total. The SMILES string of the molecule is Cn1cnc(C(=O)N2C3CCC2CN(Cc2cccnc2)C3)n1. The van der Waals surface area contributed by atoms with Crippen LogP contribution in [0.1, 0.15) is 29.0 Å². The maximum absolute atomic E-state index is 12.7. The summed E-state index contributed by atoms with van der Waals surface area (Å²) in [5.41, 5.74) is 1.22. The van der Waals surface area contributed by atoms with Gasteiger partial charge in [-0.25, -0.2) is 4.98 Å². The molecule has 0 saturated carbocycles. The molecule has 23 heavy (non-hydrogen) atoms. The number of nitrogens with zero attached hydrogens (tertiary/aromatic N) is 6. The summed E-state index contributed by atoms with van der Waals surface area (Å²) >= 11 is 0. The van der Waals surface area contributed by atoms with Crippen molar-refractivity contribution in [1.29, 1.82) is 0 Å². The summed E-state index contributed by atoms with van der Waals surface area (Å²) in [5, 5.41) is 4.16. The number of aromatic nitrogens is 4. The van der Waals surface area contributed by atoms with E-state index in [9.17, 15) is 4.79 Å². The van der Waals surface area contributed by atoms with Crippen molar-refractivity contribution in [3.63, 3.8) is 0 Å². The molecule has 4 rings (SSSR count). The van der Waals surface area contributed by atoms with Crippen LogP contribution in [0.4, 0.5) is 0 Å². The van der Waals surface area contributed by atoms with Gasteiger partial charge >= 0.3 is 0 Å². The summed E-state index contributed by atoms with van der Waals surface area (Å²) in [4.78, 5) is 25.4. The molecule has 0 spiro atoms. The molecule has 0 aliphatic carbocycles. The quantitative estimate of drug-likeness (QED) is 0.834. The molecule has 7 nitrogen and oxygen atoms in total. The number of carbonyl (C=O) groups is 1. The number of carbonyl (C=O) groups excluding carboxylic acids is 1. The summed E-state index contributed by atoms with van der Waals surface area (Å²) in [6, 6.07) is 4.60. The van der Waals surface area contributed by atoms with Crippen molar-refractivity contribution in [3.8, 4) is 0 Å². The number of hydrogen-bond donors (Lipinski definition) is 0. The van der Waals surface area contributed by atoms with E-state index in [1.54, 1.807) is 24.3 Å². The lowest BCUT2D eigenvalue weighted by Crippen LogP contribution is -2.55. The highest BCUT2D eigenvalue weighted by molar-refractivity contribution is 5.91. The van der Waals surface area contributed by atoms with Crippen LogP contribution in [-0.4, -0.2) is 60.6 Å². The lowest BCUT2D eigenvalue weighted by atomic mass is 10.1. The summed E-state index contributed by atoms with van der Waals surface area (Å²) < 4.78 is 1.58. The Morgan fingerprint density at radius 3 is 2.70 bits per heavy atom. The highest BCUT2D eigenvalue weighted by Crippen LogP contribution is 2.31. The van der Waals surface area contributed by atoms with Gasteiger partial charge in [0.25, 0.3) is 5.91 Å². The third-order valence-electron chi connectivity index (χ3n) is 4.71. The number of fused-ring (bicyclic) bond motifs is 2. The van der Waals surface area contributed by atoms with E-state index in [1.807, 2.05) is 17.2 Å². The normalized spacial score (nSPS) is 24.1. The minimum Gasteiger partial charge on any atom is -0.327 e. The molecule has 2 fully saturated rings. The topological polar surface area (TPSA) is 67.2 Å². The Balaban J connectivity index is 1.47. The number of pyridine rings is 1. The van der Waals surface area contributed by atoms with Crippen LogP contribution in [0.2, 0.25) is 0 Å². The van der Waals surface area contributed by atoms with E-state index in [4.69, 9.17) is 0 Å². The van der Waals surface area contributed by atoms with Crippen LogP contribution < -0.4 is 0 Å². The van der Waals surface area contributed by atoms with Crippen LogP contribution in [0.5, 0.6) is 0 Å². The smallest absolute Gasteiger partial charge is 0.294 e. The number of hydrogen-bond acceptors (Lipinski definition) is 5. The first-order chi connectivity index (χ1) is 11.2. The monoisotopic (exact) mass is 312 g/mol. The summed E-state index contributed by atoms with van der Waals surface area (Å²) in [7, 11) is 1.78. The van der Waals surface area contributed by atoms with E-state index in [1.165, 1.54) is 5.56 Å². The molecule has 2 aliphatic heterocycles. The molecule has 7 heteroatoms. The average molecular weight is 312 g/mol. The van der Waals surface area contributed by atoms with Crippen molar-refractivity contribution in [3.05, 3.63) is 42.2 Å². The van der Waals surface area contributed by atoms with Gasteiger partial charge in [0, 0.05) is 51.2 Å². The van der Waals surface area contributed by atoms with Gasteiger partial charge in [0.2, 0.25) is 5.82 Å². The van der Waals surface area contributed by atoms with E-state index in [2.05, 4.69) is 26.0 Å². The molecule has 2 saturated heterocycles. The molecule has 120 valence electrons. The predicted molar refractivity (Wildman–Crippen MR) is 83.5 cm³/mol. The number of piperazine rings is 1. The van der Waals surface area contributed by atoms with Gasteiger partial charge in [-0.2, -0.15) is 0 Å². The van der Waals surface area contributed by atoms with E-state index >= 15 is 0 Å². The fraction of sp³-hybridized carbons (Fsp3) is 0.500. The average Bonchev–Trinajstić information content (AvgIpc) is 3.10. The van der Waals surface area contributed by atoms with E-state index in [0.717, 1.165) is 32.5 Å². The summed E-state index contributed by atoms with van der Waals surface area (Å²) in [6.45, 7) is 2.71. The van der Waals surface area contributed by atoms with Crippen LogP contribution in [0.25, 0.3) is 0 Å². The molecule has 2 unspecified atom stereocenters. The number of aryl methyl sites for hydroxylation is 1. The minimum absolute atomic E-state index is 0.0286. The van der Waals surface area contributed by atoms with Gasteiger partial charge in [-0.1, -0.05) is 6.07 Å². The molecule has 2 aromatic heterocycles. The van der Waals surface area contributed by atoms with Crippen LogP contribution in [0.15, 0.2) is 30.9 Å². The maximum atomic E-state index is 12.7. The lowest BCUT2D eigenvalue weighted by molar-refractivity contribution is 0.0394. The van der Waals surface area contributed by atoms with E-state index in [-0.39, 0.29) is 18.0 Å². The Bertz CT molecular complexity index is 686. The fourth-order valence-corrected chi connectivity index (χ4v) is 3.75. The molecular formula is C16H20N6O. The Hall–Kier alpha value is -2.28. The largest absolute Gasteiger partial charge is 0.327 e. The van der Waals surface area contributed by atoms with Crippen LogP contribution in [-0.2, 0) is 13.6 Å². The third kappa shape index (κ3) is 2.72. The Morgan fingerprint density at radius 1 is 1.30 bits per heavy atom. The maximum Gasteiger partial charge on any atom is 0.294 e. The van der Waals surface area contributed by atoms with Gasteiger partial charge in [0.15, 0.2) is 0 Å². The molecule has 0 radical (unpaired) electrons. The second kappa shape index (κ2) is 5.73. The second-order valence-corrected chi connectivity index (χ2v) is 6.39. The van der Waals surface area contributed by atoms with Crippen molar-refractivity contribution in [1.82, 2.24) is 29.5 Å². The Kier molecular flexibility index (Phi) is 3.57. The summed E-state index contributed by atoms with van der Waals surface area (Å²) in [6.07, 6.45) is 7.41. The van der Waals surface area contributed by atoms with E-state index in [0.29, 0.717) is 5.82 Å². The predicted octanol–water partition coefficient (Wildman–Crippen LogP) is 0.699. The second-order valence-electron chi connectivity index (χ2n) is 6.39. The first-order valence-corrected chi connectivity index (χ1v) is 8.00. The molecule has 2 aliphatic rings. The Morgan fingerprint density at radius 2 is 2.09 bits per heavy atom. The van der Waals surface area contributed by atoms with Gasteiger partial charge in [-0.05, 0) is 24.5 Å². The van der Waals surface area contributed by atoms with Gasteiger partial charge in [0.1, 0.15) is 6.33 Å². The molecule has 1 amide bonds.